The number of ether oxygens (including phenoxy) is 6. The minimum Gasteiger partial charge on any atom is -0.463 e. The molecule has 0 aliphatic carbocycles. The van der Waals surface area contributed by atoms with Crippen molar-refractivity contribution in [3.05, 3.63) is 34.4 Å². The van der Waals surface area contributed by atoms with Crippen LogP contribution in [0.25, 0.3) is 0 Å². The summed E-state index contributed by atoms with van der Waals surface area (Å²) in [6.07, 6.45) is -3.62. The number of nitro benzene ring substituents is 1. The summed E-state index contributed by atoms with van der Waals surface area (Å²) in [4.78, 5) is 34.1. The zero-order chi connectivity index (χ0) is 23.7. The van der Waals surface area contributed by atoms with Crippen LogP contribution in [0.5, 0.6) is 5.75 Å². The molecule has 2 saturated heterocycles. The van der Waals surface area contributed by atoms with Crippen LogP contribution in [0, 0.1) is 10.1 Å². The standard InChI is InChI=1S/C20H26N2O10/c1-11(24)21-15-17-16(31-19(2,27-4)20(3,28-5)32-17)14(10-23)30-18(15)29-13-8-6-12(7-9-13)22(25)26/h6-10,14-18H,1-5H3,(H,21,24)/t14-,15-,16-,17-,18-,19+,20+/m1/s1. The van der Waals surface area contributed by atoms with Gasteiger partial charge in [0.15, 0.2) is 6.29 Å². The summed E-state index contributed by atoms with van der Waals surface area (Å²) < 4.78 is 34.9. The molecule has 0 aromatic heterocycles. The fourth-order valence-electron chi connectivity index (χ4n) is 3.71. The number of non-ortho nitro benzene ring substituents is 1. The highest BCUT2D eigenvalue weighted by molar-refractivity contribution is 5.73. The number of nitro groups is 1. The Morgan fingerprint density at radius 3 is 2.16 bits per heavy atom. The fraction of sp³-hybridized carbons (Fsp3) is 0.600. The van der Waals surface area contributed by atoms with E-state index >= 15 is 0 Å². The number of amides is 1. The third-order valence-electron chi connectivity index (χ3n) is 5.72. The molecule has 32 heavy (non-hydrogen) atoms. The molecule has 12 heteroatoms. The number of aldehydes is 1. The molecule has 12 nitrogen and oxygen atoms in total. The van der Waals surface area contributed by atoms with Gasteiger partial charge in [-0.05, 0) is 26.0 Å². The van der Waals surface area contributed by atoms with Crippen molar-refractivity contribution in [2.24, 2.45) is 0 Å². The first-order valence-corrected chi connectivity index (χ1v) is 9.82. The second-order valence-corrected chi connectivity index (χ2v) is 7.66. The minimum absolute atomic E-state index is 0.120. The van der Waals surface area contributed by atoms with Crippen LogP contribution >= 0.6 is 0 Å². The molecule has 0 spiro atoms. The van der Waals surface area contributed by atoms with E-state index in [2.05, 4.69) is 5.32 Å². The number of benzene rings is 1. The smallest absolute Gasteiger partial charge is 0.269 e. The number of methoxy groups -OCH3 is 2. The Labute approximate surface area is 184 Å². The third kappa shape index (κ3) is 4.32. The third-order valence-corrected chi connectivity index (χ3v) is 5.72. The maximum Gasteiger partial charge on any atom is 0.269 e. The van der Waals surface area contributed by atoms with Gasteiger partial charge in [-0.1, -0.05) is 0 Å². The van der Waals surface area contributed by atoms with Crippen LogP contribution in [-0.2, 0) is 33.3 Å². The first kappa shape index (κ1) is 24.0. The van der Waals surface area contributed by atoms with E-state index in [9.17, 15) is 19.7 Å². The van der Waals surface area contributed by atoms with Crippen LogP contribution in [0.2, 0.25) is 0 Å². The molecular weight excluding hydrogens is 428 g/mol. The monoisotopic (exact) mass is 454 g/mol. The van der Waals surface area contributed by atoms with E-state index in [-0.39, 0.29) is 11.4 Å². The van der Waals surface area contributed by atoms with E-state index in [1.54, 1.807) is 13.8 Å². The molecular formula is C20H26N2O10. The largest absolute Gasteiger partial charge is 0.463 e. The van der Waals surface area contributed by atoms with Crippen molar-refractivity contribution in [3.8, 4) is 5.75 Å². The van der Waals surface area contributed by atoms with Gasteiger partial charge in [0.05, 0.1) is 4.92 Å². The molecule has 1 aromatic rings. The fourth-order valence-corrected chi connectivity index (χ4v) is 3.71. The second kappa shape index (κ2) is 9.08. The predicted octanol–water partition coefficient (Wildman–Crippen LogP) is 0.911. The molecule has 7 atom stereocenters. The zero-order valence-corrected chi connectivity index (χ0v) is 18.3. The number of nitrogens with zero attached hydrogens (tertiary/aromatic N) is 1. The number of fused-ring (bicyclic) bond motifs is 1. The number of hydrogen-bond donors (Lipinski definition) is 1. The number of carbonyl (C=O) groups is 2. The van der Waals surface area contributed by atoms with Crippen LogP contribution < -0.4 is 10.1 Å². The quantitative estimate of drug-likeness (QED) is 0.358. The van der Waals surface area contributed by atoms with Crippen LogP contribution in [0.4, 0.5) is 5.69 Å². The lowest BCUT2D eigenvalue weighted by Crippen LogP contribution is -2.75. The van der Waals surface area contributed by atoms with Crippen molar-refractivity contribution >= 4 is 17.9 Å². The van der Waals surface area contributed by atoms with Crippen LogP contribution in [0.15, 0.2) is 24.3 Å². The van der Waals surface area contributed by atoms with Gasteiger partial charge < -0.3 is 38.5 Å². The summed E-state index contributed by atoms with van der Waals surface area (Å²) in [6, 6.07) is 4.37. The van der Waals surface area contributed by atoms with Gasteiger partial charge in [-0.25, -0.2) is 0 Å². The van der Waals surface area contributed by atoms with Gasteiger partial charge in [0.1, 0.15) is 30.1 Å². The van der Waals surface area contributed by atoms with Gasteiger partial charge in [0, 0.05) is 33.3 Å². The highest BCUT2D eigenvalue weighted by Crippen LogP contribution is 2.43. The summed E-state index contributed by atoms with van der Waals surface area (Å²) in [7, 11) is 2.82. The Bertz CT molecular complexity index is 864. The van der Waals surface area contributed by atoms with E-state index < -0.39 is 53.0 Å². The molecule has 0 bridgehead atoms. The normalized spacial score (nSPS) is 36.6. The van der Waals surface area contributed by atoms with Gasteiger partial charge in [0.25, 0.3) is 5.69 Å². The zero-order valence-electron chi connectivity index (χ0n) is 18.3. The molecule has 3 rings (SSSR count). The average molecular weight is 454 g/mol. The Hall–Kier alpha value is -2.64. The topological polar surface area (TPSA) is 145 Å². The first-order valence-electron chi connectivity index (χ1n) is 9.82. The summed E-state index contributed by atoms with van der Waals surface area (Å²) in [5, 5.41) is 13.6. The Morgan fingerprint density at radius 2 is 1.69 bits per heavy atom. The van der Waals surface area contributed by atoms with Gasteiger partial charge in [0.2, 0.25) is 23.8 Å². The lowest BCUT2D eigenvalue weighted by molar-refractivity contribution is -0.466. The van der Waals surface area contributed by atoms with Crippen molar-refractivity contribution < 1.29 is 42.9 Å². The van der Waals surface area contributed by atoms with Gasteiger partial charge in [-0.15, -0.1) is 0 Å². The molecule has 0 unspecified atom stereocenters. The van der Waals surface area contributed by atoms with Gasteiger partial charge in [-0.2, -0.15) is 0 Å². The van der Waals surface area contributed by atoms with Crippen molar-refractivity contribution in [1.82, 2.24) is 5.32 Å². The SMILES string of the molecule is CO[C@@]1(C)O[C@@H]2[C@@H](NC(C)=O)[C@H](Oc3ccc([N+](=O)[O-])cc3)O[C@H](C=O)[C@H]2O[C@]1(C)OC. The Morgan fingerprint density at radius 1 is 1.12 bits per heavy atom. The van der Waals surface area contributed by atoms with Crippen LogP contribution in [-0.4, -0.2) is 73.6 Å². The number of nitrogens with one attached hydrogen (secondary N) is 1. The molecule has 1 amide bonds. The molecule has 2 aliphatic rings. The van der Waals surface area contributed by atoms with E-state index in [1.807, 2.05) is 0 Å². The molecule has 1 N–H and O–H groups in total. The predicted molar refractivity (Wildman–Crippen MR) is 107 cm³/mol. The maximum atomic E-state index is 12.0. The number of hydrogen-bond acceptors (Lipinski definition) is 10. The molecule has 1 aromatic carbocycles. The summed E-state index contributed by atoms with van der Waals surface area (Å²) >= 11 is 0. The number of rotatable bonds is 7. The van der Waals surface area contributed by atoms with Gasteiger partial charge >= 0.3 is 0 Å². The van der Waals surface area contributed by atoms with E-state index in [1.165, 1.54) is 45.4 Å². The van der Waals surface area contributed by atoms with E-state index in [0.717, 1.165) is 0 Å². The van der Waals surface area contributed by atoms with Crippen LogP contribution in [0.3, 0.4) is 0 Å². The molecule has 2 aliphatic heterocycles. The first-order chi connectivity index (χ1) is 15.1. The lowest BCUT2D eigenvalue weighted by atomic mass is 9.92. The summed E-state index contributed by atoms with van der Waals surface area (Å²) in [5.41, 5.74) is -0.120. The summed E-state index contributed by atoms with van der Waals surface area (Å²) in [6.45, 7) is 4.51. The Kier molecular flexibility index (Phi) is 6.81. The Balaban J connectivity index is 1.95. The van der Waals surface area contributed by atoms with Crippen molar-refractivity contribution in [2.45, 2.75) is 63.0 Å². The second-order valence-electron chi connectivity index (χ2n) is 7.66. The van der Waals surface area contributed by atoms with E-state index in [4.69, 9.17) is 28.4 Å². The lowest BCUT2D eigenvalue weighted by Gasteiger charge is -2.56. The molecule has 176 valence electrons. The van der Waals surface area contributed by atoms with Crippen molar-refractivity contribution in [3.63, 3.8) is 0 Å². The maximum absolute atomic E-state index is 12.0. The highest BCUT2D eigenvalue weighted by atomic mass is 16.8. The van der Waals surface area contributed by atoms with Crippen molar-refractivity contribution in [2.75, 3.05) is 14.2 Å². The highest BCUT2D eigenvalue weighted by Gasteiger charge is 2.63. The number of carbonyl (C=O) groups excluding carboxylic acids is 2. The average Bonchev–Trinajstić information content (AvgIpc) is 2.76. The summed E-state index contributed by atoms with van der Waals surface area (Å²) in [5.74, 6) is -2.96. The van der Waals surface area contributed by atoms with Crippen molar-refractivity contribution in [1.29, 1.82) is 0 Å². The van der Waals surface area contributed by atoms with Crippen LogP contribution in [0.1, 0.15) is 20.8 Å². The molecule has 0 saturated carbocycles. The molecule has 2 heterocycles. The van der Waals surface area contributed by atoms with Gasteiger partial charge in [-0.3, -0.25) is 14.9 Å². The molecule has 0 radical (unpaired) electrons. The molecule has 2 fully saturated rings. The minimum atomic E-state index is -1.40. The van der Waals surface area contributed by atoms with E-state index in [0.29, 0.717) is 6.29 Å².